The van der Waals surface area contributed by atoms with Crippen LogP contribution in [0.2, 0.25) is 0 Å². The number of hydrogen-bond donors (Lipinski definition) is 1. The number of nitro benzene ring substituents is 1. The van der Waals surface area contributed by atoms with Crippen LogP contribution in [0.25, 0.3) is 0 Å². The third-order valence-electron chi connectivity index (χ3n) is 3.72. The Morgan fingerprint density at radius 2 is 2.10 bits per heavy atom. The third kappa shape index (κ3) is 4.32. The van der Waals surface area contributed by atoms with Gasteiger partial charge in [-0.05, 0) is 25.0 Å². The van der Waals surface area contributed by atoms with Crippen molar-refractivity contribution >= 4 is 11.4 Å². The van der Waals surface area contributed by atoms with Crippen molar-refractivity contribution in [2.45, 2.75) is 38.2 Å². The number of rotatable bonds is 7. The molecule has 0 atom stereocenters. The minimum atomic E-state index is -0.427. The molecule has 0 spiro atoms. The topological polar surface area (TPSA) is 73.6 Å². The van der Waals surface area contributed by atoms with E-state index in [-0.39, 0.29) is 11.4 Å². The highest BCUT2D eigenvalue weighted by Gasteiger charge is 2.20. The Morgan fingerprint density at radius 1 is 1.33 bits per heavy atom. The summed E-state index contributed by atoms with van der Waals surface area (Å²) in [4.78, 5) is 10.7. The fourth-order valence-electron chi connectivity index (χ4n) is 2.66. The summed E-state index contributed by atoms with van der Waals surface area (Å²) in [7, 11) is 1.43. The normalized spacial score (nSPS) is 15.7. The molecule has 0 saturated heterocycles. The average Bonchev–Trinajstić information content (AvgIpc) is 2.52. The van der Waals surface area contributed by atoms with E-state index in [2.05, 4.69) is 5.32 Å². The molecule has 21 heavy (non-hydrogen) atoms. The first kappa shape index (κ1) is 15.6. The van der Waals surface area contributed by atoms with E-state index >= 15 is 0 Å². The lowest BCUT2D eigenvalue weighted by atomic mass is 9.98. The highest BCUT2D eigenvalue weighted by atomic mass is 16.6. The van der Waals surface area contributed by atoms with Gasteiger partial charge in [0.25, 0.3) is 0 Å². The van der Waals surface area contributed by atoms with Gasteiger partial charge in [0.15, 0.2) is 5.75 Å². The van der Waals surface area contributed by atoms with Gasteiger partial charge in [0.05, 0.1) is 24.7 Å². The molecule has 0 unspecified atom stereocenters. The zero-order valence-electron chi connectivity index (χ0n) is 12.3. The molecule has 0 bridgehead atoms. The van der Waals surface area contributed by atoms with Gasteiger partial charge in [-0.1, -0.05) is 25.3 Å². The number of nitrogens with one attached hydrogen (secondary N) is 1. The Kier molecular flexibility index (Phi) is 5.80. The summed E-state index contributed by atoms with van der Waals surface area (Å²) >= 11 is 0. The van der Waals surface area contributed by atoms with Crippen LogP contribution in [-0.4, -0.2) is 31.3 Å². The van der Waals surface area contributed by atoms with Gasteiger partial charge < -0.3 is 14.8 Å². The monoisotopic (exact) mass is 294 g/mol. The summed E-state index contributed by atoms with van der Waals surface area (Å²) < 4.78 is 10.8. The molecule has 6 nitrogen and oxygen atoms in total. The van der Waals surface area contributed by atoms with E-state index in [1.54, 1.807) is 18.2 Å². The van der Waals surface area contributed by atoms with Crippen molar-refractivity contribution in [2.24, 2.45) is 0 Å². The quantitative estimate of drug-likeness (QED) is 0.474. The summed E-state index contributed by atoms with van der Waals surface area (Å²) in [6, 6.07) is 5.00. The van der Waals surface area contributed by atoms with E-state index in [0.717, 1.165) is 12.8 Å². The van der Waals surface area contributed by atoms with E-state index < -0.39 is 4.92 Å². The van der Waals surface area contributed by atoms with E-state index in [0.29, 0.717) is 24.9 Å². The lowest BCUT2D eigenvalue weighted by Gasteiger charge is -2.22. The number of nitrogens with zero attached hydrogens (tertiary/aromatic N) is 1. The maximum absolute atomic E-state index is 11.1. The van der Waals surface area contributed by atoms with Gasteiger partial charge in [-0.3, -0.25) is 10.1 Å². The van der Waals surface area contributed by atoms with E-state index in [1.807, 2.05) is 0 Å². The Bertz CT molecular complexity index is 473. The molecule has 1 aromatic rings. The molecule has 1 fully saturated rings. The first-order chi connectivity index (χ1) is 10.2. The lowest BCUT2D eigenvalue weighted by molar-refractivity contribution is -0.384. The zero-order valence-corrected chi connectivity index (χ0v) is 12.3. The number of benzene rings is 1. The number of ether oxygens (including phenoxy) is 2. The highest BCUT2D eigenvalue weighted by Crippen LogP contribution is 2.34. The van der Waals surface area contributed by atoms with Crippen molar-refractivity contribution in [3.8, 4) is 5.75 Å². The maximum Gasteiger partial charge on any atom is 0.333 e. The molecule has 1 aliphatic rings. The molecule has 1 N–H and O–H groups in total. The predicted octanol–water partition coefficient (Wildman–Crippen LogP) is 3.36. The molecule has 0 heterocycles. The van der Waals surface area contributed by atoms with Crippen LogP contribution in [0.15, 0.2) is 18.2 Å². The minimum Gasteiger partial charge on any atom is -0.490 e. The molecule has 0 aliphatic heterocycles. The summed E-state index contributed by atoms with van der Waals surface area (Å²) in [5, 5.41) is 14.2. The lowest BCUT2D eigenvalue weighted by Crippen LogP contribution is -2.20. The summed E-state index contributed by atoms with van der Waals surface area (Å²) in [6.07, 6.45) is 6.37. The van der Waals surface area contributed by atoms with Crippen LogP contribution in [0.1, 0.15) is 32.1 Å². The van der Waals surface area contributed by atoms with Gasteiger partial charge in [-0.15, -0.1) is 0 Å². The molecule has 0 radical (unpaired) electrons. The molecule has 6 heteroatoms. The van der Waals surface area contributed by atoms with Gasteiger partial charge in [-0.2, -0.15) is 0 Å². The van der Waals surface area contributed by atoms with Gasteiger partial charge in [0, 0.05) is 6.54 Å². The molecule has 0 amide bonds. The summed E-state index contributed by atoms with van der Waals surface area (Å²) in [5.41, 5.74) is 0.435. The zero-order chi connectivity index (χ0) is 15.1. The van der Waals surface area contributed by atoms with Crippen LogP contribution in [0.4, 0.5) is 11.4 Å². The predicted molar refractivity (Wildman–Crippen MR) is 81.0 cm³/mol. The Balaban J connectivity index is 1.86. The largest absolute Gasteiger partial charge is 0.490 e. The number of nitro groups is 1. The third-order valence-corrected chi connectivity index (χ3v) is 3.72. The minimum absolute atomic E-state index is 0.0299. The van der Waals surface area contributed by atoms with Gasteiger partial charge in [-0.25, -0.2) is 0 Å². The van der Waals surface area contributed by atoms with Crippen LogP contribution >= 0.6 is 0 Å². The Labute approximate surface area is 124 Å². The second kappa shape index (κ2) is 7.83. The molecule has 1 aliphatic carbocycles. The van der Waals surface area contributed by atoms with Gasteiger partial charge >= 0.3 is 5.69 Å². The van der Waals surface area contributed by atoms with Crippen molar-refractivity contribution in [3.05, 3.63) is 28.3 Å². The molecule has 116 valence electrons. The van der Waals surface area contributed by atoms with Crippen LogP contribution in [0.3, 0.4) is 0 Å². The number of para-hydroxylation sites is 1. The van der Waals surface area contributed by atoms with Crippen molar-refractivity contribution in [3.63, 3.8) is 0 Å². The smallest absolute Gasteiger partial charge is 0.333 e. The standard InChI is InChI=1S/C15H22N2O4/c1-20-14-9-5-8-13(15(14)17(18)19)16-10-11-21-12-6-3-2-4-7-12/h5,8-9,12,16H,2-4,6-7,10-11H2,1H3. The van der Waals surface area contributed by atoms with Crippen LogP contribution in [-0.2, 0) is 4.74 Å². The fraction of sp³-hybridized carbons (Fsp3) is 0.600. The van der Waals surface area contributed by atoms with Crippen LogP contribution in [0.5, 0.6) is 5.75 Å². The first-order valence-corrected chi connectivity index (χ1v) is 7.39. The summed E-state index contributed by atoms with van der Waals surface area (Å²) in [5.74, 6) is 0.262. The average molecular weight is 294 g/mol. The maximum atomic E-state index is 11.1. The summed E-state index contributed by atoms with van der Waals surface area (Å²) in [6.45, 7) is 1.10. The first-order valence-electron chi connectivity index (χ1n) is 7.39. The van der Waals surface area contributed by atoms with Crippen molar-refractivity contribution < 1.29 is 14.4 Å². The van der Waals surface area contributed by atoms with E-state index in [1.165, 1.54) is 26.4 Å². The molecular formula is C15H22N2O4. The van der Waals surface area contributed by atoms with Crippen LogP contribution < -0.4 is 10.1 Å². The molecule has 1 saturated carbocycles. The van der Waals surface area contributed by atoms with Crippen LogP contribution in [0, 0.1) is 10.1 Å². The SMILES string of the molecule is COc1cccc(NCCOC2CCCCC2)c1[N+](=O)[O-]. The Morgan fingerprint density at radius 3 is 2.76 bits per heavy atom. The second-order valence-corrected chi connectivity index (χ2v) is 5.17. The van der Waals surface area contributed by atoms with Crippen molar-refractivity contribution in [1.82, 2.24) is 0 Å². The molecule has 2 rings (SSSR count). The van der Waals surface area contributed by atoms with E-state index in [9.17, 15) is 10.1 Å². The van der Waals surface area contributed by atoms with E-state index in [4.69, 9.17) is 9.47 Å². The molecular weight excluding hydrogens is 272 g/mol. The molecule has 1 aromatic carbocycles. The Hall–Kier alpha value is -1.82. The number of hydrogen-bond acceptors (Lipinski definition) is 5. The van der Waals surface area contributed by atoms with Crippen molar-refractivity contribution in [1.29, 1.82) is 0 Å². The second-order valence-electron chi connectivity index (χ2n) is 5.17. The fourth-order valence-corrected chi connectivity index (χ4v) is 2.66. The van der Waals surface area contributed by atoms with Gasteiger partial charge in [0.2, 0.25) is 0 Å². The number of anilines is 1. The highest BCUT2D eigenvalue weighted by molar-refractivity contribution is 5.68. The number of methoxy groups -OCH3 is 1. The molecule has 0 aromatic heterocycles. The van der Waals surface area contributed by atoms with Crippen molar-refractivity contribution in [2.75, 3.05) is 25.6 Å². The van der Waals surface area contributed by atoms with Gasteiger partial charge in [0.1, 0.15) is 5.69 Å².